The van der Waals surface area contributed by atoms with E-state index in [2.05, 4.69) is 22.1 Å². The van der Waals surface area contributed by atoms with Gasteiger partial charge in [-0.2, -0.15) is 0 Å². The number of aromatic nitrogens is 2. The number of hydrogen-bond donors (Lipinski definition) is 1. The second-order valence-corrected chi connectivity index (χ2v) is 9.53. The molecular weight excluding hydrogens is 388 g/mol. The topological polar surface area (TPSA) is 62.8 Å². The van der Waals surface area contributed by atoms with E-state index in [0.717, 1.165) is 23.0 Å². The summed E-state index contributed by atoms with van der Waals surface area (Å²) in [5, 5.41) is 1.27. The zero-order chi connectivity index (χ0) is 18.6. The van der Waals surface area contributed by atoms with Crippen molar-refractivity contribution in [2.24, 2.45) is 0 Å². The lowest BCUT2D eigenvalue weighted by Gasteiger charge is -2.03. The summed E-state index contributed by atoms with van der Waals surface area (Å²) in [5.74, 6) is 0.482. The maximum Gasteiger partial charge on any atom is 0.179 e. The molecule has 0 aliphatic carbocycles. The van der Waals surface area contributed by atoms with Gasteiger partial charge in [-0.05, 0) is 36.8 Å². The van der Waals surface area contributed by atoms with Crippen LogP contribution >= 0.6 is 23.4 Å². The molecule has 7 heteroatoms. The molecule has 0 fully saturated rings. The maximum atomic E-state index is 12.4. The lowest BCUT2D eigenvalue weighted by Crippen LogP contribution is -2.08. The minimum Gasteiger partial charge on any atom is -0.337 e. The number of hydrogen-bond acceptors (Lipinski definition) is 4. The average molecular weight is 407 g/mol. The van der Waals surface area contributed by atoms with Crippen LogP contribution in [0.2, 0.25) is 5.02 Å². The molecule has 1 N–H and O–H groups in total. The van der Waals surface area contributed by atoms with Gasteiger partial charge < -0.3 is 4.98 Å². The third-order valence-corrected chi connectivity index (χ3v) is 7.06. The van der Waals surface area contributed by atoms with Gasteiger partial charge in [0.25, 0.3) is 0 Å². The van der Waals surface area contributed by atoms with Crippen LogP contribution in [0.25, 0.3) is 0 Å². The van der Waals surface area contributed by atoms with E-state index in [1.54, 1.807) is 12.1 Å². The normalized spacial score (nSPS) is 11.6. The number of H-pyrrole nitrogens is 1. The highest BCUT2D eigenvalue weighted by molar-refractivity contribution is 8.00. The fourth-order valence-electron chi connectivity index (χ4n) is 2.50. The van der Waals surface area contributed by atoms with Gasteiger partial charge in [-0.25, -0.2) is 13.4 Å². The molecule has 1 aromatic heterocycles. The molecule has 0 saturated carbocycles. The molecule has 1 heterocycles. The van der Waals surface area contributed by atoms with Gasteiger partial charge in [-0.3, -0.25) is 0 Å². The minimum absolute atomic E-state index is 0.0487. The molecule has 3 aromatic rings. The number of benzene rings is 2. The fourth-order valence-corrected chi connectivity index (χ4v) is 5.22. The average Bonchev–Trinajstić information content (AvgIpc) is 2.95. The predicted molar refractivity (Wildman–Crippen MR) is 107 cm³/mol. The molecule has 0 saturated heterocycles. The minimum atomic E-state index is -3.32. The summed E-state index contributed by atoms with van der Waals surface area (Å²) in [6, 6.07) is 16.4. The highest BCUT2D eigenvalue weighted by Gasteiger charge is 2.15. The quantitative estimate of drug-likeness (QED) is 0.585. The maximum absolute atomic E-state index is 12.4. The number of rotatable bonds is 7. The molecule has 0 atom stereocenters. The largest absolute Gasteiger partial charge is 0.337 e. The second-order valence-electron chi connectivity index (χ2n) is 5.90. The van der Waals surface area contributed by atoms with Crippen LogP contribution in [0.3, 0.4) is 0 Å². The van der Waals surface area contributed by atoms with Crippen LogP contribution in [0.5, 0.6) is 0 Å². The first kappa shape index (κ1) is 19.0. The number of sulfone groups is 1. The SMILES string of the molecule is Cc1[nH]c(SCCS(=O)(=O)c2ccc(Cl)cc2)nc1Cc1ccccc1. The molecule has 4 nitrogen and oxygen atoms in total. The lowest BCUT2D eigenvalue weighted by atomic mass is 10.1. The molecule has 0 bridgehead atoms. The van der Waals surface area contributed by atoms with Gasteiger partial charge in [0.2, 0.25) is 0 Å². The molecule has 0 unspecified atom stereocenters. The first-order valence-electron chi connectivity index (χ1n) is 8.14. The van der Waals surface area contributed by atoms with E-state index in [4.69, 9.17) is 11.6 Å². The molecule has 0 amide bonds. The van der Waals surface area contributed by atoms with Gasteiger partial charge in [-0.1, -0.05) is 53.7 Å². The Morgan fingerprint density at radius 3 is 2.46 bits per heavy atom. The number of nitrogens with zero attached hydrogens (tertiary/aromatic N) is 1. The van der Waals surface area contributed by atoms with Crippen molar-refractivity contribution in [3.8, 4) is 0 Å². The number of halogens is 1. The molecule has 0 aliphatic rings. The Bertz CT molecular complexity index is 969. The van der Waals surface area contributed by atoms with Crippen LogP contribution in [0, 0.1) is 6.92 Å². The van der Waals surface area contributed by atoms with Crippen LogP contribution in [0.1, 0.15) is 17.0 Å². The van der Waals surface area contributed by atoms with Gasteiger partial charge in [0.15, 0.2) is 15.0 Å². The van der Waals surface area contributed by atoms with Crippen LogP contribution in [0.4, 0.5) is 0 Å². The summed E-state index contributed by atoms with van der Waals surface area (Å²) in [6.07, 6.45) is 0.757. The van der Waals surface area contributed by atoms with Gasteiger partial charge in [0.05, 0.1) is 16.3 Å². The Hall–Kier alpha value is -1.76. The van der Waals surface area contributed by atoms with Gasteiger partial charge in [0.1, 0.15) is 0 Å². The van der Waals surface area contributed by atoms with Crippen molar-refractivity contribution in [1.29, 1.82) is 0 Å². The van der Waals surface area contributed by atoms with Crippen LogP contribution in [0.15, 0.2) is 64.6 Å². The van der Waals surface area contributed by atoms with Crippen molar-refractivity contribution < 1.29 is 8.42 Å². The van der Waals surface area contributed by atoms with Crippen molar-refractivity contribution in [3.05, 3.63) is 76.6 Å². The molecule has 0 spiro atoms. The highest BCUT2D eigenvalue weighted by Crippen LogP contribution is 2.21. The van der Waals surface area contributed by atoms with Crippen molar-refractivity contribution in [1.82, 2.24) is 9.97 Å². The summed E-state index contributed by atoms with van der Waals surface area (Å²) in [5.41, 5.74) is 3.19. The first-order chi connectivity index (χ1) is 12.4. The molecule has 0 aliphatic heterocycles. The molecule has 0 radical (unpaired) electrons. The van der Waals surface area contributed by atoms with Gasteiger partial charge >= 0.3 is 0 Å². The predicted octanol–water partition coefficient (Wildman–Crippen LogP) is 4.53. The Morgan fingerprint density at radius 2 is 1.77 bits per heavy atom. The zero-order valence-electron chi connectivity index (χ0n) is 14.3. The summed E-state index contributed by atoms with van der Waals surface area (Å²) in [6.45, 7) is 1.99. The lowest BCUT2D eigenvalue weighted by molar-refractivity contribution is 0.597. The Labute approximate surface area is 162 Å². The molecular formula is C19H19ClN2O2S2. The number of aromatic amines is 1. The van der Waals surface area contributed by atoms with E-state index in [9.17, 15) is 8.42 Å². The molecule has 2 aromatic carbocycles. The summed E-state index contributed by atoms with van der Waals surface area (Å²) >= 11 is 7.23. The second kappa shape index (κ2) is 8.29. The van der Waals surface area contributed by atoms with Gasteiger partial charge in [0, 0.05) is 22.9 Å². The van der Waals surface area contributed by atoms with Gasteiger partial charge in [-0.15, -0.1) is 0 Å². The van der Waals surface area contributed by atoms with Crippen molar-refractivity contribution in [2.75, 3.05) is 11.5 Å². The summed E-state index contributed by atoms with van der Waals surface area (Å²) in [7, 11) is -3.32. The standard InChI is InChI=1S/C19H19ClN2O2S2/c1-14-18(13-15-5-3-2-4-6-15)22-19(21-14)25-11-12-26(23,24)17-9-7-16(20)8-10-17/h2-10H,11-13H2,1H3,(H,21,22). The van der Waals surface area contributed by atoms with E-state index in [1.807, 2.05) is 25.1 Å². The molecule has 26 heavy (non-hydrogen) atoms. The molecule has 136 valence electrons. The summed E-state index contributed by atoms with van der Waals surface area (Å²) < 4.78 is 24.7. The van der Waals surface area contributed by atoms with Crippen molar-refractivity contribution in [2.45, 2.75) is 23.4 Å². The van der Waals surface area contributed by atoms with Crippen molar-refractivity contribution >= 4 is 33.2 Å². The third kappa shape index (κ3) is 4.90. The van der Waals surface area contributed by atoms with Crippen LogP contribution in [-0.2, 0) is 16.3 Å². The van der Waals surface area contributed by atoms with E-state index < -0.39 is 9.84 Å². The Balaban J connectivity index is 1.60. The number of nitrogens with one attached hydrogen (secondary N) is 1. The number of aryl methyl sites for hydroxylation is 1. The Kier molecular flexibility index (Phi) is 6.06. The number of imidazole rings is 1. The van der Waals surface area contributed by atoms with E-state index in [0.29, 0.717) is 15.7 Å². The van der Waals surface area contributed by atoms with E-state index in [-0.39, 0.29) is 5.75 Å². The van der Waals surface area contributed by atoms with E-state index in [1.165, 1.54) is 29.5 Å². The first-order valence-corrected chi connectivity index (χ1v) is 11.2. The summed E-state index contributed by atoms with van der Waals surface area (Å²) in [4.78, 5) is 8.14. The smallest absolute Gasteiger partial charge is 0.179 e. The third-order valence-electron chi connectivity index (χ3n) is 3.94. The van der Waals surface area contributed by atoms with Crippen LogP contribution < -0.4 is 0 Å². The molecule has 3 rings (SSSR count). The Morgan fingerprint density at radius 1 is 1.08 bits per heavy atom. The van der Waals surface area contributed by atoms with Crippen LogP contribution in [-0.4, -0.2) is 29.9 Å². The number of thioether (sulfide) groups is 1. The van der Waals surface area contributed by atoms with Crippen molar-refractivity contribution in [3.63, 3.8) is 0 Å². The van der Waals surface area contributed by atoms with E-state index >= 15 is 0 Å². The monoisotopic (exact) mass is 406 g/mol. The highest BCUT2D eigenvalue weighted by atomic mass is 35.5. The zero-order valence-corrected chi connectivity index (χ0v) is 16.7. The fraction of sp³-hybridized carbons (Fsp3) is 0.211.